The molecule has 0 unspecified atom stereocenters. The molecule has 0 aliphatic heterocycles. The molecule has 0 amide bonds. The van der Waals surface area contributed by atoms with E-state index in [1.165, 1.54) is 0 Å². The fourth-order valence-corrected chi connectivity index (χ4v) is 2.60. The predicted molar refractivity (Wildman–Crippen MR) is 98.6 cm³/mol. The molecule has 3 aromatic rings. The number of carbonyl (C=O) groups is 1. The van der Waals surface area contributed by atoms with Gasteiger partial charge in [0.05, 0.1) is 7.11 Å². The van der Waals surface area contributed by atoms with E-state index in [1.807, 2.05) is 57.2 Å². The van der Waals surface area contributed by atoms with Crippen LogP contribution >= 0.6 is 0 Å². The van der Waals surface area contributed by atoms with Crippen LogP contribution in [-0.2, 0) is 11.2 Å². The number of aromatic nitrogens is 1. The summed E-state index contributed by atoms with van der Waals surface area (Å²) < 4.78 is 11.3. The number of hydrogen-bond donors (Lipinski definition) is 1. The van der Waals surface area contributed by atoms with Gasteiger partial charge in [0.15, 0.2) is 11.1 Å². The first-order valence-corrected chi connectivity index (χ1v) is 8.30. The minimum atomic E-state index is -0.00491. The van der Waals surface area contributed by atoms with Crippen LogP contribution in [0.25, 0.3) is 11.1 Å². The van der Waals surface area contributed by atoms with Gasteiger partial charge in [0.2, 0.25) is 0 Å². The summed E-state index contributed by atoms with van der Waals surface area (Å²) in [5.74, 6) is 0.777. The van der Waals surface area contributed by atoms with Gasteiger partial charge < -0.3 is 14.5 Å². The highest BCUT2D eigenvalue weighted by atomic mass is 16.5. The SMILES string of the molecule is COc1cc(CC(=O)C(C)C)cc2oc(Nc3ccccc3C)nc12. The van der Waals surface area contributed by atoms with Crippen molar-refractivity contribution in [1.82, 2.24) is 4.98 Å². The van der Waals surface area contributed by atoms with Crippen molar-refractivity contribution < 1.29 is 13.9 Å². The summed E-state index contributed by atoms with van der Waals surface area (Å²) in [6.45, 7) is 5.81. The van der Waals surface area contributed by atoms with Crippen LogP contribution in [0.4, 0.5) is 11.7 Å². The molecule has 5 heteroatoms. The van der Waals surface area contributed by atoms with E-state index in [0.717, 1.165) is 16.8 Å². The van der Waals surface area contributed by atoms with Gasteiger partial charge in [-0.05, 0) is 36.2 Å². The van der Waals surface area contributed by atoms with Crippen molar-refractivity contribution in [2.75, 3.05) is 12.4 Å². The first-order chi connectivity index (χ1) is 12.0. The van der Waals surface area contributed by atoms with Crippen molar-refractivity contribution in [1.29, 1.82) is 0 Å². The van der Waals surface area contributed by atoms with Crippen LogP contribution in [0.1, 0.15) is 25.0 Å². The number of Topliss-reactive ketones (excluding diaryl/α,β-unsaturated/α-hetero) is 1. The molecular weight excluding hydrogens is 316 g/mol. The number of anilines is 2. The Bertz CT molecular complexity index is 912. The quantitative estimate of drug-likeness (QED) is 0.708. The molecule has 0 saturated carbocycles. The fraction of sp³-hybridized carbons (Fsp3) is 0.300. The van der Waals surface area contributed by atoms with Crippen LogP contribution in [0.5, 0.6) is 5.75 Å². The minimum absolute atomic E-state index is 0.00491. The van der Waals surface area contributed by atoms with Gasteiger partial charge in [-0.3, -0.25) is 4.79 Å². The number of oxazole rings is 1. The molecule has 5 nitrogen and oxygen atoms in total. The number of rotatable bonds is 6. The zero-order valence-electron chi connectivity index (χ0n) is 14.9. The lowest BCUT2D eigenvalue weighted by Crippen LogP contribution is -2.10. The molecule has 1 aromatic heterocycles. The molecule has 0 spiro atoms. The van der Waals surface area contributed by atoms with E-state index in [1.54, 1.807) is 7.11 Å². The van der Waals surface area contributed by atoms with Gasteiger partial charge >= 0.3 is 0 Å². The number of hydrogen-bond acceptors (Lipinski definition) is 5. The molecule has 0 saturated heterocycles. The summed E-state index contributed by atoms with van der Waals surface area (Å²) in [5.41, 5.74) is 4.13. The van der Waals surface area contributed by atoms with E-state index in [2.05, 4.69) is 10.3 Å². The number of methoxy groups -OCH3 is 1. The van der Waals surface area contributed by atoms with Crippen LogP contribution in [0.2, 0.25) is 0 Å². The average molecular weight is 338 g/mol. The topological polar surface area (TPSA) is 64.4 Å². The van der Waals surface area contributed by atoms with Crippen LogP contribution < -0.4 is 10.1 Å². The standard InChI is InChI=1S/C20H22N2O3/c1-12(2)16(23)9-14-10-17(24-4)19-18(11-14)25-20(22-19)21-15-8-6-5-7-13(15)3/h5-8,10-12H,9H2,1-4H3,(H,21,22). The predicted octanol–water partition coefficient (Wildman–Crippen LogP) is 4.66. The molecule has 0 fully saturated rings. The molecule has 0 aliphatic carbocycles. The van der Waals surface area contributed by atoms with Gasteiger partial charge in [0.25, 0.3) is 6.01 Å². The van der Waals surface area contributed by atoms with Crippen molar-refractivity contribution in [3.8, 4) is 5.75 Å². The number of nitrogens with zero attached hydrogens (tertiary/aromatic N) is 1. The van der Waals surface area contributed by atoms with Crippen LogP contribution in [0.15, 0.2) is 40.8 Å². The summed E-state index contributed by atoms with van der Waals surface area (Å²) in [6.07, 6.45) is 0.352. The van der Waals surface area contributed by atoms with Crippen molar-refractivity contribution in [2.24, 2.45) is 5.92 Å². The van der Waals surface area contributed by atoms with E-state index in [-0.39, 0.29) is 11.7 Å². The highest BCUT2D eigenvalue weighted by Crippen LogP contribution is 2.31. The van der Waals surface area contributed by atoms with Crippen LogP contribution in [0.3, 0.4) is 0 Å². The van der Waals surface area contributed by atoms with Gasteiger partial charge in [0, 0.05) is 18.0 Å². The largest absolute Gasteiger partial charge is 0.494 e. The lowest BCUT2D eigenvalue weighted by atomic mass is 10.0. The number of benzene rings is 2. The Labute approximate surface area is 147 Å². The van der Waals surface area contributed by atoms with E-state index < -0.39 is 0 Å². The lowest BCUT2D eigenvalue weighted by Gasteiger charge is -2.06. The first kappa shape index (κ1) is 17.0. The fourth-order valence-electron chi connectivity index (χ4n) is 2.60. The molecule has 0 radical (unpaired) electrons. The third-order valence-electron chi connectivity index (χ3n) is 4.15. The number of nitrogens with one attached hydrogen (secondary N) is 1. The minimum Gasteiger partial charge on any atom is -0.494 e. The molecule has 3 rings (SSSR count). The Morgan fingerprint density at radius 3 is 2.72 bits per heavy atom. The van der Waals surface area contributed by atoms with Crippen molar-refractivity contribution >= 4 is 28.6 Å². The number of carbonyl (C=O) groups excluding carboxylic acids is 1. The molecular formula is C20H22N2O3. The maximum absolute atomic E-state index is 12.0. The van der Waals surface area contributed by atoms with Gasteiger partial charge in [-0.1, -0.05) is 32.0 Å². The Morgan fingerprint density at radius 2 is 2.04 bits per heavy atom. The molecule has 1 N–H and O–H groups in total. The molecule has 2 aromatic carbocycles. The van der Waals surface area contributed by atoms with E-state index in [4.69, 9.17) is 9.15 Å². The van der Waals surface area contributed by atoms with Crippen LogP contribution in [-0.4, -0.2) is 17.9 Å². The summed E-state index contributed by atoms with van der Waals surface area (Å²) in [6, 6.07) is 12.0. The Hall–Kier alpha value is -2.82. The second-order valence-electron chi connectivity index (χ2n) is 6.40. The number of ether oxygens (including phenoxy) is 1. The zero-order chi connectivity index (χ0) is 18.0. The summed E-state index contributed by atoms with van der Waals surface area (Å²) >= 11 is 0. The number of fused-ring (bicyclic) bond motifs is 1. The normalized spacial score (nSPS) is 11.1. The number of ketones is 1. The number of para-hydroxylation sites is 1. The molecule has 0 bridgehead atoms. The second kappa shape index (κ2) is 6.97. The van der Waals surface area contributed by atoms with Gasteiger partial charge in [-0.2, -0.15) is 4.98 Å². The molecule has 0 atom stereocenters. The highest BCUT2D eigenvalue weighted by molar-refractivity contribution is 5.87. The molecule has 130 valence electrons. The molecule has 1 heterocycles. The maximum atomic E-state index is 12.0. The van der Waals surface area contributed by atoms with Crippen molar-refractivity contribution in [2.45, 2.75) is 27.2 Å². The maximum Gasteiger partial charge on any atom is 0.300 e. The lowest BCUT2D eigenvalue weighted by molar-refractivity contribution is -0.121. The smallest absolute Gasteiger partial charge is 0.300 e. The third kappa shape index (κ3) is 3.65. The summed E-state index contributed by atoms with van der Waals surface area (Å²) in [4.78, 5) is 16.5. The average Bonchev–Trinajstić information content (AvgIpc) is 2.98. The number of aryl methyl sites for hydroxylation is 1. The second-order valence-corrected chi connectivity index (χ2v) is 6.40. The van der Waals surface area contributed by atoms with E-state index >= 15 is 0 Å². The Morgan fingerprint density at radius 1 is 1.28 bits per heavy atom. The molecule has 0 aliphatic rings. The highest BCUT2D eigenvalue weighted by Gasteiger charge is 2.16. The molecule has 25 heavy (non-hydrogen) atoms. The van der Waals surface area contributed by atoms with Crippen molar-refractivity contribution in [3.05, 3.63) is 47.5 Å². The Balaban J connectivity index is 1.96. The third-order valence-corrected chi connectivity index (χ3v) is 4.15. The monoisotopic (exact) mass is 338 g/mol. The first-order valence-electron chi connectivity index (χ1n) is 8.30. The zero-order valence-corrected chi connectivity index (χ0v) is 14.9. The van der Waals surface area contributed by atoms with Crippen LogP contribution in [0, 0.1) is 12.8 Å². The summed E-state index contributed by atoms with van der Waals surface area (Å²) in [5, 5.41) is 3.19. The van der Waals surface area contributed by atoms with Crippen molar-refractivity contribution in [3.63, 3.8) is 0 Å². The Kier molecular flexibility index (Phi) is 4.74. The van der Waals surface area contributed by atoms with E-state index in [0.29, 0.717) is 29.3 Å². The van der Waals surface area contributed by atoms with Gasteiger partial charge in [-0.15, -0.1) is 0 Å². The van der Waals surface area contributed by atoms with E-state index in [9.17, 15) is 4.79 Å². The summed E-state index contributed by atoms with van der Waals surface area (Å²) in [7, 11) is 1.59. The van der Waals surface area contributed by atoms with Gasteiger partial charge in [0.1, 0.15) is 11.5 Å². The van der Waals surface area contributed by atoms with Gasteiger partial charge in [-0.25, -0.2) is 0 Å².